The molecule has 0 radical (unpaired) electrons. The summed E-state index contributed by atoms with van der Waals surface area (Å²) in [5.41, 5.74) is 2.83. The molecule has 0 N–H and O–H groups in total. The van der Waals surface area contributed by atoms with Gasteiger partial charge in [0.05, 0.1) is 48.3 Å². The van der Waals surface area contributed by atoms with Gasteiger partial charge >= 0.3 is 0 Å². The molecule has 1 aliphatic heterocycles. The van der Waals surface area contributed by atoms with Crippen molar-refractivity contribution in [3.63, 3.8) is 0 Å². The van der Waals surface area contributed by atoms with Gasteiger partial charge in [-0.05, 0) is 79.1 Å². The summed E-state index contributed by atoms with van der Waals surface area (Å²) in [6.07, 6.45) is 2.94. The number of aromatic nitrogens is 1. The minimum atomic E-state index is -3.88. The molecule has 0 aliphatic carbocycles. The summed E-state index contributed by atoms with van der Waals surface area (Å²) in [5, 5.41) is 5.75. The van der Waals surface area contributed by atoms with Crippen LogP contribution < -0.4 is 23.5 Å². The van der Waals surface area contributed by atoms with Crippen LogP contribution in [0.4, 0.5) is 15.2 Å². The third kappa shape index (κ3) is 5.86. The largest absolute Gasteiger partial charge is 0.493 e. The molecule has 0 saturated carbocycles. The van der Waals surface area contributed by atoms with E-state index in [0.29, 0.717) is 51.7 Å². The van der Waals surface area contributed by atoms with E-state index in [1.54, 1.807) is 18.2 Å². The van der Waals surface area contributed by atoms with Crippen LogP contribution in [0, 0.1) is 5.82 Å². The number of benzene rings is 4. The monoisotopic (exact) mass is 660 g/mol. The Hall–Kier alpha value is -5.01. The van der Waals surface area contributed by atoms with Gasteiger partial charge in [0, 0.05) is 17.7 Å². The maximum Gasteiger partial charge on any atom is 0.280 e. The molecule has 4 aromatic carbocycles. The fourth-order valence-corrected chi connectivity index (χ4v) is 7.72. The molecule has 1 amide bonds. The molecule has 1 aliphatic rings. The van der Waals surface area contributed by atoms with Gasteiger partial charge in [-0.2, -0.15) is 10.1 Å². The predicted molar refractivity (Wildman–Crippen MR) is 176 cm³/mol. The van der Waals surface area contributed by atoms with Crippen molar-refractivity contribution in [1.29, 1.82) is 0 Å². The number of fused-ring (bicyclic) bond motifs is 2. The fourth-order valence-electron chi connectivity index (χ4n) is 5.23. The van der Waals surface area contributed by atoms with E-state index in [0.717, 1.165) is 28.3 Å². The number of para-hydroxylation sites is 1. The average Bonchev–Trinajstić information content (AvgIpc) is 3.50. The molecule has 0 spiro atoms. The van der Waals surface area contributed by atoms with Crippen LogP contribution in [0.1, 0.15) is 27.9 Å². The third-order valence-electron chi connectivity index (χ3n) is 7.48. The second-order valence-corrected chi connectivity index (χ2v) is 13.1. The summed E-state index contributed by atoms with van der Waals surface area (Å²) in [4.78, 5) is 18.5. The van der Waals surface area contributed by atoms with Gasteiger partial charge in [0.15, 0.2) is 11.5 Å². The number of rotatable bonds is 9. The Morgan fingerprint density at radius 2 is 1.70 bits per heavy atom. The van der Waals surface area contributed by atoms with Crippen LogP contribution in [0.2, 0.25) is 0 Å². The Morgan fingerprint density at radius 1 is 0.978 bits per heavy atom. The quantitative estimate of drug-likeness (QED) is 0.135. The van der Waals surface area contributed by atoms with Crippen molar-refractivity contribution < 1.29 is 31.8 Å². The molecular formula is C33H29FN4O6S2. The number of thiazole rings is 1. The first-order valence-electron chi connectivity index (χ1n) is 14.2. The lowest BCUT2D eigenvalue weighted by molar-refractivity contribution is 0.0987. The van der Waals surface area contributed by atoms with Crippen LogP contribution in [0.15, 0.2) is 88.9 Å². The number of amides is 1. The number of ether oxygens (including phenoxy) is 3. The van der Waals surface area contributed by atoms with Gasteiger partial charge in [0.2, 0.25) is 10.9 Å². The zero-order valence-electron chi connectivity index (χ0n) is 25.1. The second kappa shape index (κ2) is 12.8. The highest BCUT2D eigenvalue weighted by molar-refractivity contribution is 7.92. The molecule has 2 heterocycles. The number of hydrazone groups is 1. The van der Waals surface area contributed by atoms with E-state index in [4.69, 9.17) is 14.2 Å². The number of halogens is 1. The van der Waals surface area contributed by atoms with E-state index in [9.17, 15) is 17.6 Å². The molecule has 46 heavy (non-hydrogen) atoms. The van der Waals surface area contributed by atoms with E-state index in [1.165, 1.54) is 74.3 Å². The molecule has 1 aromatic heterocycles. The van der Waals surface area contributed by atoms with E-state index < -0.39 is 21.7 Å². The van der Waals surface area contributed by atoms with Crippen LogP contribution in [-0.4, -0.2) is 53.4 Å². The average molecular weight is 661 g/mol. The zero-order valence-corrected chi connectivity index (χ0v) is 26.8. The Morgan fingerprint density at radius 3 is 2.39 bits per heavy atom. The highest BCUT2D eigenvalue weighted by Gasteiger charge is 2.29. The smallest absolute Gasteiger partial charge is 0.280 e. The molecule has 0 atom stereocenters. The normalized spacial score (nSPS) is 13.1. The van der Waals surface area contributed by atoms with Crippen LogP contribution in [0.25, 0.3) is 10.2 Å². The summed E-state index contributed by atoms with van der Waals surface area (Å²) in [6, 6.07) is 20.6. The Bertz CT molecular complexity index is 2040. The maximum atomic E-state index is 14.0. The SMILES string of the molecule is COc1cc(/C=N/N(C(=O)c2ccc(S(=O)(=O)N3CCCc4ccccc43)cc2)c2nc3ccc(F)cc3s2)cc(OC)c1OC. The summed E-state index contributed by atoms with van der Waals surface area (Å²) < 4.78 is 59.5. The Balaban J connectivity index is 1.36. The lowest BCUT2D eigenvalue weighted by atomic mass is 10.0. The van der Waals surface area contributed by atoms with Crippen molar-refractivity contribution in [2.75, 3.05) is 37.2 Å². The van der Waals surface area contributed by atoms with Gasteiger partial charge in [-0.3, -0.25) is 9.10 Å². The van der Waals surface area contributed by atoms with E-state index in [1.807, 2.05) is 18.2 Å². The maximum absolute atomic E-state index is 14.0. The molecule has 10 nitrogen and oxygen atoms in total. The van der Waals surface area contributed by atoms with Crippen molar-refractivity contribution in [2.24, 2.45) is 5.10 Å². The second-order valence-electron chi connectivity index (χ2n) is 10.3. The number of methoxy groups -OCH3 is 3. The molecular weight excluding hydrogens is 632 g/mol. The number of hydrogen-bond acceptors (Lipinski definition) is 9. The first-order valence-corrected chi connectivity index (χ1v) is 16.4. The van der Waals surface area contributed by atoms with Crippen LogP contribution in [0.5, 0.6) is 17.2 Å². The van der Waals surface area contributed by atoms with Gasteiger partial charge in [-0.25, -0.2) is 17.8 Å². The highest BCUT2D eigenvalue weighted by atomic mass is 32.2. The van der Waals surface area contributed by atoms with Crippen molar-refractivity contribution in [3.05, 3.63) is 101 Å². The van der Waals surface area contributed by atoms with Crippen molar-refractivity contribution >= 4 is 54.5 Å². The number of aryl methyl sites for hydroxylation is 1. The van der Waals surface area contributed by atoms with Gasteiger partial charge in [-0.15, -0.1) is 0 Å². The van der Waals surface area contributed by atoms with Crippen LogP contribution >= 0.6 is 11.3 Å². The standard InChI is InChI=1S/C33H29FN4O6S2/c1-42-28-17-21(18-29(43-2)31(28)44-3)20-35-38(33-36-26-15-12-24(34)19-30(26)45-33)32(39)23-10-13-25(14-11-23)46(40,41)37-16-6-8-22-7-4-5-9-27(22)37/h4-5,7,9-15,17-20H,6,8,16H2,1-3H3/b35-20+. The molecule has 0 fully saturated rings. The number of hydrogen-bond donors (Lipinski definition) is 0. The van der Waals surface area contributed by atoms with E-state index in [-0.39, 0.29) is 15.6 Å². The molecule has 236 valence electrons. The Labute approximate surface area is 269 Å². The van der Waals surface area contributed by atoms with Gasteiger partial charge in [0.1, 0.15) is 5.82 Å². The summed E-state index contributed by atoms with van der Waals surface area (Å²) >= 11 is 1.09. The minimum Gasteiger partial charge on any atom is -0.493 e. The van der Waals surface area contributed by atoms with E-state index in [2.05, 4.69) is 10.1 Å². The number of anilines is 2. The minimum absolute atomic E-state index is 0.0590. The summed E-state index contributed by atoms with van der Waals surface area (Å²) in [7, 11) is 0.591. The molecule has 13 heteroatoms. The first kappa shape index (κ1) is 31.0. The molecule has 6 rings (SSSR count). The fraction of sp³-hybridized carbons (Fsp3) is 0.182. The molecule has 0 bridgehead atoms. The van der Waals surface area contributed by atoms with Crippen molar-refractivity contribution in [1.82, 2.24) is 4.98 Å². The van der Waals surface area contributed by atoms with Gasteiger partial charge in [0.25, 0.3) is 15.9 Å². The summed E-state index contributed by atoms with van der Waals surface area (Å²) in [5.74, 6) is 0.172. The number of carbonyl (C=O) groups excluding carboxylic acids is 1. The van der Waals surface area contributed by atoms with Crippen LogP contribution in [0.3, 0.4) is 0 Å². The third-order valence-corrected chi connectivity index (χ3v) is 10.3. The van der Waals surface area contributed by atoms with E-state index >= 15 is 0 Å². The van der Waals surface area contributed by atoms with Gasteiger partial charge < -0.3 is 14.2 Å². The Kier molecular flexibility index (Phi) is 8.61. The van der Waals surface area contributed by atoms with Gasteiger partial charge in [-0.1, -0.05) is 29.5 Å². The topological polar surface area (TPSA) is 111 Å². The summed E-state index contributed by atoms with van der Waals surface area (Å²) in [6.45, 7) is 0.363. The zero-order chi connectivity index (χ0) is 32.4. The number of nitrogens with zero attached hydrogens (tertiary/aromatic N) is 4. The molecule has 5 aromatic rings. The predicted octanol–water partition coefficient (Wildman–Crippen LogP) is 6.28. The number of sulfonamides is 1. The highest BCUT2D eigenvalue weighted by Crippen LogP contribution is 2.38. The first-order chi connectivity index (χ1) is 22.2. The molecule has 0 saturated heterocycles. The molecule has 0 unspecified atom stereocenters. The number of carbonyl (C=O) groups is 1. The lowest BCUT2D eigenvalue weighted by Crippen LogP contribution is -2.35. The lowest BCUT2D eigenvalue weighted by Gasteiger charge is -2.30. The van der Waals surface area contributed by atoms with Crippen LogP contribution in [-0.2, 0) is 16.4 Å². The van der Waals surface area contributed by atoms with Crippen molar-refractivity contribution in [2.45, 2.75) is 17.7 Å². The van der Waals surface area contributed by atoms with Crippen molar-refractivity contribution in [3.8, 4) is 17.2 Å².